The van der Waals surface area contributed by atoms with Crippen LogP contribution in [0.1, 0.15) is 13.3 Å². The van der Waals surface area contributed by atoms with Gasteiger partial charge < -0.3 is 15.0 Å². The Balaban J connectivity index is 2.19. The highest BCUT2D eigenvalue weighted by molar-refractivity contribution is 5.36. The number of hydrogen-bond donors (Lipinski definition) is 2. The molecule has 2 unspecified atom stereocenters. The van der Waals surface area contributed by atoms with Crippen molar-refractivity contribution < 1.29 is 5.11 Å². The van der Waals surface area contributed by atoms with Crippen LogP contribution in [0.3, 0.4) is 0 Å². The van der Waals surface area contributed by atoms with E-state index in [4.69, 9.17) is 0 Å². The van der Waals surface area contributed by atoms with Crippen LogP contribution >= 0.6 is 0 Å². The summed E-state index contributed by atoms with van der Waals surface area (Å²) in [6.45, 7) is 3.28. The van der Waals surface area contributed by atoms with Crippen molar-refractivity contribution in [2.24, 2.45) is 5.92 Å². The van der Waals surface area contributed by atoms with E-state index < -0.39 is 0 Å². The van der Waals surface area contributed by atoms with E-state index in [0.717, 1.165) is 13.0 Å². The second kappa shape index (κ2) is 4.02. The van der Waals surface area contributed by atoms with Crippen molar-refractivity contribution in [1.82, 2.24) is 9.97 Å². The fourth-order valence-electron chi connectivity index (χ4n) is 1.81. The molecule has 5 nitrogen and oxygen atoms in total. The lowest BCUT2D eigenvalue weighted by Gasteiger charge is -2.34. The predicted molar refractivity (Wildman–Crippen MR) is 56.9 cm³/mol. The first-order chi connectivity index (χ1) is 7.18. The molecule has 1 aromatic rings. The highest BCUT2D eigenvalue weighted by Gasteiger charge is 2.26. The van der Waals surface area contributed by atoms with Crippen molar-refractivity contribution in [3.8, 4) is 0 Å². The molecule has 1 saturated heterocycles. The van der Waals surface area contributed by atoms with Gasteiger partial charge in [0.25, 0.3) is 5.56 Å². The molecule has 0 saturated carbocycles. The Bertz CT molecular complexity index is 390. The number of aliphatic hydroxyl groups excluding tert-OH is 1. The summed E-state index contributed by atoms with van der Waals surface area (Å²) in [4.78, 5) is 19.9. The monoisotopic (exact) mass is 209 g/mol. The minimum absolute atomic E-state index is 0.195. The van der Waals surface area contributed by atoms with Crippen LogP contribution in [-0.4, -0.2) is 34.3 Å². The van der Waals surface area contributed by atoms with E-state index in [1.807, 2.05) is 11.8 Å². The van der Waals surface area contributed by atoms with Gasteiger partial charge in [-0.3, -0.25) is 4.79 Å². The average molecular weight is 209 g/mol. The number of H-pyrrole nitrogens is 1. The van der Waals surface area contributed by atoms with E-state index in [2.05, 4.69) is 9.97 Å². The Morgan fingerprint density at radius 3 is 3.13 bits per heavy atom. The summed E-state index contributed by atoms with van der Waals surface area (Å²) >= 11 is 0. The molecule has 1 aliphatic heterocycles. The fraction of sp³-hybridized carbons (Fsp3) is 0.600. The van der Waals surface area contributed by atoms with Gasteiger partial charge in [0.15, 0.2) is 5.82 Å². The quantitative estimate of drug-likeness (QED) is 0.682. The van der Waals surface area contributed by atoms with E-state index >= 15 is 0 Å². The first-order valence-electron chi connectivity index (χ1n) is 5.15. The Morgan fingerprint density at radius 2 is 2.47 bits per heavy atom. The molecule has 1 aromatic heterocycles. The Hall–Kier alpha value is -1.36. The van der Waals surface area contributed by atoms with Crippen LogP contribution in [-0.2, 0) is 0 Å². The maximum atomic E-state index is 11.5. The molecule has 2 heterocycles. The van der Waals surface area contributed by atoms with Crippen LogP contribution in [0.2, 0.25) is 0 Å². The first-order valence-corrected chi connectivity index (χ1v) is 5.15. The van der Waals surface area contributed by atoms with Gasteiger partial charge in [-0.2, -0.15) is 0 Å². The normalized spacial score (nSPS) is 26.7. The van der Waals surface area contributed by atoms with Gasteiger partial charge in [0.05, 0.1) is 6.10 Å². The van der Waals surface area contributed by atoms with Gasteiger partial charge in [-0.1, -0.05) is 6.92 Å². The number of nitrogens with zero attached hydrogens (tertiary/aromatic N) is 2. The molecule has 0 bridgehead atoms. The molecule has 1 fully saturated rings. The summed E-state index contributed by atoms with van der Waals surface area (Å²) in [5.74, 6) is 0.701. The molecule has 0 aliphatic carbocycles. The van der Waals surface area contributed by atoms with Crippen LogP contribution in [0.4, 0.5) is 5.82 Å². The number of aromatic amines is 1. The minimum atomic E-state index is -0.375. The molecule has 5 heteroatoms. The van der Waals surface area contributed by atoms with Crippen LogP contribution in [0.15, 0.2) is 17.2 Å². The van der Waals surface area contributed by atoms with Crippen molar-refractivity contribution in [3.05, 3.63) is 22.7 Å². The Kier molecular flexibility index (Phi) is 2.73. The van der Waals surface area contributed by atoms with Gasteiger partial charge >= 0.3 is 0 Å². The van der Waals surface area contributed by atoms with Crippen molar-refractivity contribution in [2.75, 3.05) is 18.0 Å². The Morgan fingerprint density at radius 1 is 1.67 bits per heavy atom. The van der Waals surface area contributed by atoms with Crippen molar-refractivity contribution in [1.29, 1.82) is 0 Å². The molecule has 0 radical (unpaired) electrons. The molecule has 1 aliphatic rings. The lowest BCUT2D eigenvalue weighted by atomic mass is 9.96. The van der Waals surface area contributed by atoms with Gasteiger partial charge in [-0.05, 0) is 12.3 Å². The summed E-state index contributed by atoms with van der Waals surface area (Å²) in [5.41, 5.74) is -0.195. The standard InChI is InChI=1S/C10H15N3O2/c1-7-2-5-13(6-8(7)14)9-10(15)12-4-3-11-9/h3-4,7-8,14H,2,5-6H2,1H3,(H,12,15). The van der Waals surface area contributed by atoms with Crippen LogP contribution in [0, 0.1) is 5.92 Å². The summed E-state index contributed by atoms with van der Waals surface area (Å²) in [6.07, 6.45) is 3.58. The van der Waals surface area contributed by atoms with E-state index in [9.17, 15) is 9.90 Å². The zero-order valence-corrected chi connectivity index (χ0v) is 8.68. The number of aromatic nitrogens is 2. The predicted octanol–water partition coefficient (Wildman–Crippen LogP) is -0.0230. The lowest BCUT2D eigenvalue weighted by Crippen LogP contribution is -2.45. The third-order valence-corrected chi connectivity index (χ3v) is 2.91. The van der Waals surface area contributed by atoms with E-state index in [-0.39, 0.29) is 11.7 Å². The number of anilines is 1. The van der Waals surface area contributed by atoms with Crippen LogP contribution in [0.5, 0.6) is 0 Å². The van der Waals surface area contributed by atoms with Crippen LogP contribution < -0.4 is 10.5 Å². The zero-order chi connectivity index (χ0) is 10.8. The molecular weight excluding hydrogens is 194 g/mol. The third kappa shape index (κ3) is 2.02. The molecule has 0 amide bonds. The number of rotatable bonds is 1. The second-order valence-electron chi connectivity index (χ2n) is 4.02. The zero-order valence-electron chi connectivity index (χ0n) is 8.68. The van der Waals surface area contributed by atoms with E-state index in [1.165, 1.54) is 6.20 Å². The van der Waals surface area contributed by atoms with Crippen molar-refractivity contribution in [2.45, 2.75) is 19.4 Å². The van der Waals surface area contributed by atoms with Gasteiger partial charge in [0.1, 0.15) is 0 Å². The summed E-state index contributed by atoms with van der Waals surface area (Å²) in [5, 5.41) is 9.72. The first kappa shape index (κ1) is 10.2. The summed E-state index contributed by atoms with van der Waals surface area (Å²) in [6, 6.07) is 0. The highest BCUT2D eigenvalue weighted by Crippen LogP contribution is 2.19. The van der Waals surface area contributed by atoms with Gasteiger partial charge in [-0.15, -0.1) is 0 Å². The average Bonchev–Trinajstić information content (AvgIpc) is 2.23. The van der Waals surface area contributed by atoms with Crippen LogP contribution in [0.25, 0.3) is 0 Å². The molecule has 2 atom stereocenters. The van der Waals surface area contributed by atoms with Gasteiger partial charge in [0.2, 0.25) is 0 Å². The summed E-state index contributed by atoms with van der Waals surface area (Å²) < 4.78 is 0. The van der Waals surface area contributed by atoms with E-state index in [1.54, 1.807) is 6.20 Å². The molecule has 15 heavy (non-hydrogen) atoms. The van der Waals surface area contributed by atoms with E-state index in [0.29, 0.717) is 18.3 Å². The maximum absolute atomic E-state index is 11.5. The number of nitrogens with one attached hydrogen (secondary N) is 1. The Labute approximate surface area is 87.8 Å². The summed E-state index contributed by atoms with van der Waals surface area (Å²) in [7, 11) is 0. The fourth-order valence-corrected chi connectivity index (χ4v) is 1.81. The third-order valence-electron chi connectivity index (χ3n) is 2.91. The number of hydrogen-bond acceptors (Lipinski definition) is 4. The number of piperidine rings is 1. The van der Waals surface area contributed by atoms with Crippen molar-refractivity contribution in [3.63, 3.8) is 0 Å². The highest BCUT2D eigenvalue weighted by atomic mass is 16.3. The molecule has 0 spiro atoms. The van der Waals surface area contributed by atoms with Crippen molar-refractivity contribution >= 4 is 5.82 Å². The number of aliphatic hydroxyl groups is 1. The molecule has 2 N–H and O–H groups in total. The lowest BCUT2D eigenvalue weighted by molar-refractivity contribution is 0.102. The smallest absolute Gasteiger partial charge is 0.290 e. The minimum Gasteiger partial charge on any atom is -0.391 e. The molecule has 82 valence electrons. The topological polar surface area (TPSA) is 69.2 Å². The molecule has 0 aromatic carbocycles. The second-order valence-corrected chi connectivity index (χ2v) is 4.02. The maximum Gasteiger partial charge on any atom is 0.290 e. The SMILES string of the molecule is CC1CCN(c2ncc[nH]c2=O)CC1O. The molecule has 2 rings (SSSR count). The number of β-amino-alcohol motifs (C(OH)–C–C–N with tert-alkyl or cyclic N) is 1. The largest absolute Gasteiger partial charge is 0.391 e. The molecular formula is C10H15N3O2. The van der Waals surface area contributed by atoms with Gasteiger partial charge in [0, 0.05) is 25.5 Å². The van der Waals surface area contributed by atoms with Gasteiger partial charge in [-0.25, -0.2) is 4.98 Å².